The van der Waals surface area contributed by atoms with Gasteiger partial charge in [0, 0.05) is 44.3 Å². The predicted molar refractivity (Wildman–Crippen MR) is 316 cm³/mol. The van der Waals surface area contributed by atoms with E-state index in [9.17, 15) is 0 Å². The van der Waals surface area contributed by atoms with E-state index in [0.29, 0.717) is 11.8 Å². The summed E-state index contributed by atoms with van der Waals surface area (Å²) in [5.41, 5.74) is 16.7. The van der Waals surface area contributed by atoms with E-state index in [1.165, 1.54) is 155 Å². The second-order valence-electron chi connectivity index (χ2n) is 28.4. The number of hydrogen-bond donors (Lipinski definition) is 0. The second kappa shape index (κ2) is 17.6. The van der Waals surface area contributed by atoms with E-state index >= 15 is 0 Å². The van der Waals surface area contributed by atoms with Crippen molar-refractivity contribution >= 4 is 55.7 Å². The molecule has 0 N–H and O–H groups in total. The summed E-state index contributed by atoms with van der Waals surface area (Å²) in [6.45, 7) is 23.4. The minimum Gasteiger partial charge on any atom is -0.309 e. The lowest BCUT2D eigenvalue weighted by Crippen LogP contribution is -2.48. The molecule has 8 bridgehead atoms. The summed E-state index contributed by atoms with van der Waals surface area (Å²) < 4.78 is 0. The van der Waals surface area contributed by atoms with Crippen molar-refractivity contribution in [1.29, 1.82) is 0 Å². The molecule has 0 aliphatic heterocycles. The van der Waals surface area contributed by atoms with E-state index in [0.717, 1.165) is 35.5 Å². The average Bonchev–Trinajstić information content (AvgIpc) is 3.41. The zero-order chi connectivity index (χ0) is 51.1. The van der Waals surface area contributed by atoms with Crippen LogP contribution in [-0.2, 0) is 21.7 Å². The number of nitrogens with zero attached hydrogens (tertiary/aromatic N) is 2. The van der Waals surface area contributed by atoms with Crippen LogP contribution in [0, 0.1) is 35.5 Å². The minimum absolute atomic E-state index is 0.0473. The van der Waals surface area contributed by atoms with Crippen LogP contribution in [0.1, 0.15) is 192 Å². The van der Waals surface area contributed by atoms with Gasteiger partial charge in [0.1, 0.15) is 0 Å². The Hall–Kier alpha value is -5.34. The zero-order valence-corrected chi connectivity index (χ0v) is 46.7. The van der Waals surface area contributed by atoms with Crippen LogP contribution < -0.4 is 9.80 Å². The highest BCUT2D eigenvalue weighted by Crippen LogP contribution is 2.64. The zero-order valence-electron chi connectivity index (χ0n) is 46.7. The molecule has 7 aromatic carbocycles. The number of rotatable bonds is 10. The highest BCUT2D eigenvalue weighted by Gasteiger charge is 2.53. The van der Waals surface area contributed by atoms with Gasteiger partial charge in [0.05, 0.1) is 11.4 Å². The van der Waals surface area contributed by atoms with Crippen molar-refractivity contribution in [3.8, 4) is 0 Å². The Morgan fingerprint density at radius 3 is 0.878 bits per heavy atom. The first-order chi connectivity index (χ1) is 35.4. The smallest absolute Gasteiger partial charge is 0.0620 e. The standard InChI is InChI=1S/C72H84N2/c1-45(2)53-11-21-59(22-12-53)73(61-25-15-55(16-26-61)69(5,6)7)67-63-29-19-58(72-42-50-34-51(43-72)36-52(35-50)44-72)38-66(63)68(64-30-20-57(37-65(64)67)71-39-47-31-48(40-71)33-49(32-47)41-71)74(60-23-13-54(14-24-60)46(3)4)62-27-17-56(18-28-62)70(8,9)10/h11-30,37-38,45-52H,31-36,39-44H2,1-10H3. The molecule has 2 nitrogen and oxygen atoms in total. The van der Waals surface area contributed by atoms with E-state index in [1.54, 1.807) is 11.1 Å². The monoisotopic (exact) mass is 977 g/mol. The van der Waals surface area contributed by atoms with Gasteiger partial charge in [-0.25, -0.2) is 0 Å². The Morgan fingerprint density at radius 2 is 0.622 bits per heavy atom. The largest absolute Gasteiger partial charge is 0.309 e. The Labute approximate surface area is 445 Å². The van der Waals surface area contributed by atoms with Crippen molar-refractivity contribution in [3.05, 3.63) is 167 Å². The van der Waals surface area contributed by atoms with E-state index in [-0.39, 0.29) is 21.7 Å². The van der Waals surface area contributed by atoms with E-state index in [4.69, 9.17) is 0 Å². The van der Waals surface area contributed by atoms with Crippen molar-refractivity contribution in [2.24, 2.45) is 35.5 Å². The average molecular weight is 977 g/mol. The molecule has 74 heavy (non-hydrogen) atoms. The molecule has 0 amide bonds. The lowest BCUT2D eigenvalue weighted by Gasteiger charge is -2.57. The molecular weight excluding hydrogens is 893 g/mol. The van der Waals surface area contributed by atoms with Crippen LogP contribution in [0.4, 0.5) is 34.1 Å². The number of anilines is 6. The summed E-state index contributed by atoms with van der Waals surface area (Å²) in [4.78, 5) is 5.36. The van der Waals surface area contributed by atoms with Crippen molar-refractivity contribution < 1.29 is 0 Å². The number of hydrogen-bond acceptors (Lipinski definition) is 2. The fraction of sp³-hybridized carbons (Fsp3) is 0.472. The van der Waals surface area contributed by atoms with Crippen LogP contribution in [0.3, 0.4) is 0 Å². The molecule has 382 valence electrons. The van der Waals surface area contributed by atoms with Crippen LogP contribution in [0.2, 0.25) is 0 Å². The third kappa shape index (κ3) is 8.25. The molecule has 8 aliphatic rings. The number of fused-ring (bicyclic) bond motifs is 2. The molecule has 0 spiro atoms. The van der Waals surface area contributed by atoms with Gasteiger partial charge in [0.15, 0.2) is 0 Å². The third-order valence-corrected chi connectivity index (χ3v) is 20.4. The molecule has 7 aromatic rings. The summed E-state index contributed by atoms with van der Waals surface area (Å²) in [5, 5.41) is 5.41. The maximum absolute atomic E-state index is 2.76. The van der Waals surface area contributed by atoms with Crippen LogP contribution in [0.15, 0.2) is 133 Å². The van der Waals surface area contributed by atoms with Gasteiger partial charge in [0.25, 0.3) is 0 Å². The molecule has 0 unspecified atom stereocenters. The second-order valence-corrected chi connectivity index (χ2v) is 28.4. The summed E-state index contributed by atoms with van der Waals surface area (Å²) in [6.07, 6.45) is 16.8. The Balaban J connectivity index is 1.15. The fourth-order valence-electron chi connectivity index (χ4n) is 17.3. The molecule has 8 aliphatic carbocycles. The maximum atomic E-state index is 2.76. The highest BCUT2D eigenvalue weighted by atomic mass is 15.2. The number of benzene rings is 7. The van der Waals surface area contributed by atoms with Crippen molar-refractivity contribution in [3.63, 3.8) is 0 Å². The molecule has 2 heteroatoms. The van der Waals surface area contributed by atoms with Gasteiger partial charge in [-0.05, 0) is 240 Å². The maximum Gasteiger partial charge on any atom is 0.0620 e. The lowest BCUT2D eigenvalue weighted by molar-refractivity contribution is -0.00525. The summed E-state index contributed by atoms with van der Waals surface area (Å²) >= 11 is 0. The van der Waals surface area contributed by atoms with Gasteiger partial charge in [-0.1, -0.05) is 142 Å². The molecule has 0 radical (unpaired) electrons. The third-order valence-electron chi connectivity index (χ3n) is 20.4. The summed E-state index contributed by atoms with van der Waals surface area (Å²) in [6, 6.07) is 54.6. The molecule has 0 heterocycles. The minimum atomic E-state index is 0.0473. The first-order valence-electron chi connectivity index (χ1n) is 29.5. The Bertz CT molecular complexity index is 2930. The molecule has 0 saturated heterocycles. The van der Waals surface area contributed by atoms with Gasteiger partial charge in [0.2, 0.25) is 0 Å². The fourth-order valence-corrected chi connectivity index (χ4v) is 17.3. The highest BCUT2D eigenvalue weighted by molar-refractivity contribution is 6.23. The van der Waals surface area contributed by atoms with Crippen molar-refractivity contribution in [1.82, 2.24) is 0 Å². The quantitative estimate of drug-likeness (QED) is 0.0995. The SMILES string of the molecule is CC(C)c1ccc(N(c2ccc(C(C)(C)C)cc2)c2c3ccc(C45CC6CC(CC(C6)C4)C5)cc3c(N(c3ccc(C(C)C)cc3)c3ccc(C(C)(C)C)cc3)c3ccc(C45CC6CC(CC(C6)C4)C5)cc23)cc1. The van der Waals surface area contributed by atoms with Gasteiger partial charge in [-0.3, -0.25) is 0 Å². The molecule has 8 saturated carbocycles. The van der Waals surface area contributed by atoms with Crippen molar-refractivity contribution in [2.75, 3.05) is 9.80 Å². The summed E-state index contributed by atoms with van der Waals surface area (Å²) in [7, 11) is 0. The Kier molecular flexibility index (Phi) is 11.5. The van der Waals surface area contributed by atoms with E-state index < -0.39 is 0 Å². The van der Waals surface area contributed by atoms with E-state index in [1.807, 2.05) is 0 Å². The first-order valence-corrected chi connectivity index (χ1v) is 29.5. The first kappa shape index (κ1) is 48.3. The topological polar surface area (TPSA) is 6.48 Å². The predicted octanol–water partition coefficient (Wildman–Crippen LogP) is 20.7. The van der Waals surface area contributed by atoms with Gasteiger partial charge < -0.3 is 9.80 Å². The van der Waals surface area contributed by atoms with E-state index in [2.05, 4.69) is 212 Å². The molecule has 0 aromatic heterocycles. The van der Waals surface area contributed by atoms with Crippen LogP contribution in [0.25, 0.3) is 21.5 Å². The van der Waals surface area contributed by atoms with Gasteiger partial charge in [-0.15, -0.1) is 0 Å². The van der Waals surface area contributed by atoms with Crippen LogP contribution in [0.5, 0.6) is 0 Å². The molecular formula is C72H84N2. The normalized spacial score (nSPS) is 27.0. The van der Waals surface area contributed by atoms with Crippen LogP contribution in [-0.4, -0.2) is 0 Å². The van der Waals surface area contributed by atoms with Gasteiger partial charge in [-0.2, -0.15) is 0 Å². The molecule has 15 rings (SSSR count). The Morgan fingerprint density at radius 1 is 0.351 bits per heavy atom. The van der Waals surface area contributed by atoms with Crippen molar-refractivity contribution in [2.45, 2.75) is 180 Å². The molecule has 0 atom stereocenters. The lowest BCUT2D eigenvalue weighted by atomic mass is 9.48. The van der Waals surface area contributed by atoms with Gasteiger partial charge >= 0.3 is 0 Å². The molecule has 8 fully saturated rings. The van der Waals surface area contributed by atoms with Crippen LogP contribution >= 0.6 is 0 Å². The summed E-state index contributed by atoms with van der Waals surface area (Å²) in [5.74, 6) is 6.09.